The highest BCUT2D eigenvalue weighted by Gasteiger charge is 2.63. The van der Waals surface area contributed by atoms with E-state index in [1.807, 2.05) is 32.0 Å². The molecule has 1 saturated heterocycles. The first-order valence-corrected chi connectivity index (χ1v) is 10.1. The number of ether oxygens (including phenoxy) is 2. The van der Waals surface area contributed by atoms with E-state index in [9.17, 15) is 4.79 Å². The Labute approximate surface area is 155 Å². The molecule has 4 saturated carbocycles. The molecule has 6 rings (SSSR count). The van der Waals surface area contributed by atoms with Crippen LogP contribution >= 0.6 is 0 Å². The van der Waals surface area contributed by atoms with Crippen LogP contribution in [-0.2, 0) is 19.7 Å². The zero-order valence-corrected chi connectivity index (χ0v) is 15.7. The summed E-state index contributed by atoms with van der Waals surface area (Å²) >= 11 is 0. The highest BCUT2D eigenvalue weighted by Crippen LogP contribution is 2.60. The third-order valence-corrected chi connectivity index (χ3v) is 7.60. The molecule has 1 N–H and O–H groups in total. The second kappa shape index (κ2) is 5.80. The minimum atomic E-state index is -0.505. The Kier molecular flexibility index (Phi) is 3.74. The third-order valence-electron chi connectivity index (χ3n) is 7.60. The Morgan fingerprint density at radius 3 is 2.08 bits per heavy atom. The van der Waals surface area contributed by atoms with Crippen LogP contribution < -0.4 is 5.32 Å². The van der Waals surface area contributed by atoms with Crippen molar-refractivity contribution in [2.45, 2.75) is 56.8 Å². The minimum absolute atomic E-state index is 0.157. The molecule has 4 nitrogen and oxygen atoms in total. The van der Waals surface area contributed by atoms with Gasteiger partial charge in [-0.2, -0.15) is 0 Å². The molecule has 0 atom stereocenters. The van der Waals surface area contributed by atoms with E-state index in [1.54, 1.807) is 0 Å². The summed E-state index contributed by atoms with van der Waals surface area (Å²) in [5, 5.41) is 3.46. The largest absolute Gasteiger partial charge is 0.352 e. The molecule has 0 aromatic heterocycles. The van der Waals surface area contributed by atoms with E-state index in [0.29, 0.717) is 29.7 Å². The zero-order valence-electron chi connectivity index (χ0n) is 15.7. The van der Waals surface area contributed by atoms with Crippen molar-refractivity contribution in [3.63, 3.8) is 0 Å². The number of carbonyl (C=O) groups excluding carboxylic acids is 1. The van der Waals surface area contributed by atoms with E-state index in [-0.39, 0.29) is 11.7 Å². The van der Waals surface area contributed by atoms with Crippen LogP contribution in [0.3, 0.4) is 0 Å². The number of amides is 1. The monoisotopic (exact) mass is 355 g/mol. The predicted octanol–water partition coefficient (Wildman–Crippen LogP) is 3.26. The maximum Gasteiger partial charge on any atom is 0.230 e. The fourth-order valence-electron chi connectivity index (χ4n) is 6.28. The maximum atomic E-state index is 13.1. The van der Waals surface area contributed by atoms with Gasteiger partial charge in [-0.15, -0.1) is 0 Å². The van der Waals surface area contributed by atoms with Crippen LogP contribution in [0.4, 0.5) is 0 Å². The summed E-state index contributed by atoms with van der Waals surface area (Å²) in [5.41, 5.74) is 0.572. The number of nitrogens with one attached hydrogen (secondary N) is 1. The molecule has 1 heterocycles. The molecule has 5 aliphatic rings. The van der Waals surface area contributed by atoms with Crippen molar-refractivity contribution in [3.8, 4) is 0 Å². The van der Waals surface area contributed by atoms with Gasteiger partial charge in [-0.25, -0.2) is 0 Å². The predicted molar refractivity (Wildman–Crippen MR) is 98.5 cm³/mol. The second-order valence-electron chi connectivity index (χ2n) is 9.27. The molecule has 1 spiro atoms. The summed E-state index contributed by atoms with van der Waals surface area (Å²) in [6.07, 6.45) is 4.51. The van der Waals surface area contributed by atoms with E-state index in [4.69, 9.17) is 9.47 Å². The van der Waals surface area contributed by atoms with Crippen molar-refractivity contribution in [1.82, 2.24) is 5.32 Å². The maximum absolute atomic E-state index is 13.1. The normalized spacial score (nSPS) is 37.2. The van der Waals surface area contributed by atoms with Gasteiger partial charge in [-0.05, 0) is 56.9 Å². The van der Waals surface area contributed by atoms with Gasteiger partial charge in [0.1, 0.15) is 0 Å². The quantitative estimate of drug-likeness (QED) is 0.905. The number of benzene rings is 1. The Bertz CT molecular complexity index is 661. The Morgan fingerprint density at radius 2 is 1.54 bits per heavy atom. The van der Waals surface area contributed by atoms with E-state index >= 15 is 0 Å². The number of carbonyl (C=O) groups is 1. The molecule has 1 aromatic carbocycles. The van der Waals surface area contributed by atoms with Crippen LogP contribution in [-0.4, -0.2) is 30.9 Å². The lowest BCUT2D eigenvalue weighted by molar-refractivity contribution is -0.291. The van der Waals surface area contributed by atoms with Gasteiger partial charge in [0.05, 0.1) is 18.6 Å². The highest BCUT2D eigenvalue weighted by atomic mass is 16.7. The summed E-state index contributed by atoms with van der Waals surface area (Å²) in [6.45, 7) is 5.55. The summed E-state index contributed by atoms with van der Waals surface area (Å²) in [4.78, 5) is 13.1. The fraction of sp³-hybridized carbons (Fsp3) is 0.682. The molecule has 4 aliphatic carbocycles. The van der Waals surface area contributed by atoms with Gasteiger partial charge >= 0.3 is 0 Å². The van der Waals surface area contributed by atoms with Crippen molar-refractivity contribution < 1.29 is 14.3 Å². The third kappa shape index (κ3) is 2.31. The van der Waals surface area contributed by atoms with E-state index in [2.05, 4.69) is 17.4 Å². The summed E-state index contributed by atoms with van der Waals surface area (Å²) in [7, 11) is 0. The molecule has 0 unspecified atom stereocenters. The SMILES string of the molecule is CC(C)(C(=O)NC1C2CC3CC1CC(C2)C31OCCO1)c1ccccc1. The molecule has 1 aromatic rings. The molecular weight excluding hydrogens is 326 g/mol. The Hall–Kier alpha value is -1.39. The highest BCUT2D eigenvalue weighted by molar-refractivity contribution is 5.87. The smallest absolute Gasteiger partial charge is 0.230 e. The summed E-state index contributed by atoms with van der Waals surface area (Å²) in [6, 6.07) is 10.4. The van der Waals surface area contributed by atoms with Crippen molar-refractivity contribution in [3.05, 3.63) is 35.9 Å². The first-order chi connectivity index (χ1) is 12.5. The van der Waals surface area contributed by atoms with Crippen molar-refractivity contribution >= 4 is 5.91 Å². The number of hydrogen-bond acceptors (Lipinski definition) is 3. The van der Waals surface area contributed by atoms with E-state index < -0.39 is 5.41 Å². The van der Waals surface area contributed by atoms with Crippen LogP contribution in [0.2, 0.25) is 0 Å². The van der Waals surface area contributed by atoms with Gasteiger partial charge < -0.3 is 14.8 Å². The summed E-state index contributed by atoms with van der Waals surface area (Å²) < 4.78 is 12.3. The molecule has 0 radical (unpaired) electrons. The first-order valence-electron chi connectivity index (χ1n) is 10.1. The van der Waals surface area contributed by atoms with Crippen molar-refractivity contribution in [1.29, 1.82) is 0 Å². The first kappa shape index (κ1) is 16.8. The average Bonchev–Trinajstić information content (AvgIpc) is 3.11. The van der Waals surface area contributed by atoms with Gasteiger partial charge in [0.2, 0.25) is 5.91 Å². The van der Waals surface area contributed by atoms with Crippen molar-refractivity contribution in [2.75, 3.05) is 13.2 Å². The molecule has 1 amide bonds. The molecule has 1 aliphatic heterocycles. The molecule has 4 bridgehead atoms. The lowest BCUT2D eigenvalue weighted by Gasteiger charge is -2.61. The molecule has 4 heteroatoms. The number of hydrogen-bond donors (Lipinski definition) is 1. The van der Waals surface area contributed by atoms with Crippen LogP contribution in [0.15, 0.2) is 30.3 Å². The summed E-state index contributed by atoms with van der Waals surface area (Å²) in [5.74, 6) is 2.05. The topological polar surface area (TPSA) is 47.6 Å². The van der Waals surface area contributed by atoms with Crippen LogP contribution in [0.25, 0.3) is 0 Å². The van der Waals surface area contributed by atoms with Gasteiger partial charge in [-0.3, -0.25) is 4.79 Å². The van der Waals surface area contributed by atoms with Gasteiger partial charge in [-0.1, -0.05) is 30.3 Å². The Balaban J connectivity index is 1.32. The average molecular weight is 355 g/mol. The van der Waals surface area contributed by atoms with Crippen molar-refractivity contribution in [2.24, 2.45) is 23.7 Å². The van der Waals surface area contributed by atoms with Crippen LogP contribution in [0.5, 0.6) is 0 Å². The van der Waals surface area contributed by atoms with Crippen LogP contribution in [0, 0.1) is 23.7 Å². The molecular formula is C22H29NO3. The lowest BCUT2D eigenvalue weighted by atomic mass is 9.51. The lowest BCUT2D eigenvalue weighted by Crippen LogP contribution is -2.66. The van der Waals surface area contributed by atoms with E-state index in [0.717, 1.165) is 44.5 Å². The fourth-order valence-corrected chi connectivity index (χ4v) is 6.28. The van der Waals surface area contributed by atoms with Gasteiger partial charge in [0.25, 0.3) is 0 Å². The molecule has 5 fully saturated rings. The second-order valence-corrected chi connectivity index (χ2v) is 9.27. The zero-order chi connectivity index (χ0) is 17.9. The number of rotatable bonds is 3. The van der Waals surface area contributed by atoms with E-state index in [1.165, 1.54) is 0 Å². The standard InChI is InChI=1S/C22H29NO3/c1-21(2,16-6-4-3-5-7-16)20(24)23-19-14-10-17-12-15(19)13-18(11-14)22(17)25-8-9-26-22/h3-7,14-15,17-19H,8-13H2,1-2H3,(H,23,24). The van der Waals surface area contributed by atoms with Gasteiger partial charge in [0, 0.05) is 17.9 Å². The van der Waals surface area contributed by atoms with Crippen LogP contribution in [0.1, 0.15) is 45.1 Å². The molecule has 140 valence electrons. The van der Waals surface area contributed by atoms with Gasteiger partial charge in [0.15, 0.2) is 5.79 Å². The Morgan fingerprint density at radius 1 is 1.00 bits per heavy atom. The minimum Gasteiger partial charge on any atom is -0.352 e. The molecule has 26 heavy (non-hydrogen) atoms.